The van der Waals surface area contributed by atoms with E-state index in [1.165, 1.54) is 19.4 Å². The van der Waals surface area contributed by atoms with E-state index in [1.54, 1.807) is 19.2 Å². The number of methoxy groups -OCH3 is 1. The van der Waals surface area contributed by atoms with Crippen molar-refractivity contribution in [2.75, 3.05) is 39.3 Å². The van der Waals surface area contributed by atoms with E-state index in [0.717, 1.165) is 5.56 Å². The molecule has 1 aromatic carbocycles. The van der Waals surface area contributed by atoms with Gasteiger partial charge >= 0.3 is 0 Å². The largest absolute Gasteiger partial charge is 0.383 e. The second-order valence-corrected chi connectivity index (χ2v) is 10.5. The van der Waals surface area contributed by atoms with Crippen molar-refractivity contribution in [3.05, 3.63) is 29.8 Å². The van der Waals surface area contributed by atoms with Gasteiger partial charge in [-0.25, -0.2) is 21.6 Å². The van der Waals surface area contributed by atoms with Crippen LogP contribution >= 0.6 is 0 Å². The molecular formula is C17H30N4O5S2. The summed E-state index contributed by atoms with van der Waals surface area (Å²) >= 11 is 0. The molecular weight excluding hydrogens is 404 g/mol. The first-order valence-corrected chi connectivity index (χ1v) is 12.3. The lowest BCUT2D eigenvalue weighted by Gasteiger charge is -2.18. The fourth-order valence-corrected chi connectivity index (χ4v) is 4.13. The average molecular weight is 435 g/mol. The van der Waals surface area contributed by atoms with E-state index < -0.39 is 19.9 Å². The van der Waals surface area contributed by atoms with Gasteiger partial charge in [0, 0.05) is 39.5 Å². The van der Waals surface area contributed by atoms with Crippen molar-refractivity contribution >= 4 is 25.8 Å². The molecule has 0 amide bonds. The number of rotatable bonds is 11. The molecule has 0 aliphatic heterocycles. The summed E-state index contributed by atoms with van der Waals surface area (Å²) in [5.74, 6) is 0.598. The van der Waals surface area contributed by atoms with Crippen molar-refractivity contribution in [2.45, 2.75) is 30.8 Å². The first-order valence-electron chi connectivity index (χ1n) is 8.80. The van der Waals surface area contributed by atoms with Gasteiger partial charge < -0.3 is 15.4 Å². The number of hydrogen-bond donors (Lipinski definition) is 3. The Morgan fingerprint density at radius 1 is 1.25 bits per heavy atom. The molecule has 0 fully saturated rings. The van der Waals surface area contributed by atoms with Crippen molar-refractivity contribution in [1.82, 2.24) is 15.4 Å². The van der Waals surface area contributed by atoms with Crippen molar-refractivity contribution in [3.63, 3.8) is 0 Å². The highest BCUT2D eigenvalue weighted by atomic mass is 32.2. The van der Waals surface area contributed by atoms with Gasteiger partial charge in [0.25, 0.3) is 0 Å². The number of sulfone groups is 1. The Morgan fingerprint density at radius 2 is 1.96 bits per heavy atom. The molecule has 28 heavy (non-hydrogen) atoms. The number of aliphatic imine (C=N–C) groups is 1. The zero-order valence-corrected chi connectivity index (χ0v) is 18.4. The lowest BCUT2D eigenvalue weighted by Crippen LogP contribution is -2.42. The predicted octanol–water partition coefficient (Wildman–Crippen LogP) is 0.0995. The van der Waals surface area contributed by atoms with Crippen LogP contribution in [-0.4, -0.2) is 68.2 Å². The fourth-order valence-electron chi connectivity index (χ4n) is 2.26. The number of sulfonamides is 1. The summed E-state index contributed by atoms with van der Waals surface area (Å²) in [5.41, 5.74) is 0.765. The van der Waals surface area contributed by atoms with E-state index in [1.807, 2.05) is 13.0 Å². The van der Waals surface area contributed by atoms with E-state index in [9.17, 15) is 16.8 Å². The molecule has 0 aliphatic carbocycles. The summed E-state index contributed by atoms with van der Waals surface area (Å²) < 4.78 is 54.4. The van der Waals surface area contributed by atoms with E-state index in [4.69, 9.17) is 4.74 Å². The highest BCUT2D eigenvalue weighted by Crippen LogP contribution is 2.11. The van der Waals surface area contributed by atoms with Crippen LogP contribution in [-0.2, 0) is 31.1 Å². The minimum Gasteiger partial charge on any atom is -0.383 e. The summed E-state index contributed by atoms with van der Waals surface area (Å²) in [6.07, 6.45) is 1.67. The van der Waals surface area contributed by atoms with E-state index >= 15 is 0 Å². The van der Waals surface area contributed by atoms with Gasteiger partial charge in [0.05, 0.1) is 17.3 Å². The third-order valence-corrected chi connectivity index (χ3v) is 6.23. The van der Waals surface area contributed by atoms with Crippen LogP contribution in [0, 0.1) is 0 Å². The molecule has 160 valence electrons. The van der Waals surface area contributed by atoms with Crippen LogP contribution in [0.4, 0.5) is 0 Å². The van der Waals surface area contributed by atoms with Crippen molar-refractivity contribution in [1.29, 1.82) is 0 Å². The smallest absolute Gasteiger partial charge is 0.240 e. The quantitative estimate of drug-likeness (QED) is 0.256. The maximum absolute atomic E-state index is 12.3. The highest BCUT2D eigenvalue weighted by molar-refractivity contribution is 7.90. The molecule has 1 unspecified atom stereocenters. The number of guanidine groups is 1. The molecule has 9 nitrogen and oxygen atoms in total. The first kappa shape index (κ1) is 24.3. The third-order valence-electron chi connectivity index (χ3n) is 3.80. The molecule has 0 aromatic heterocycles. The van der Waals surface area contributed by atoms with Gasteiger partial charge in [0.15, 0.2) is 5.96 Å². The van der Waals surface area contributed by atoms with Gasteiger partial charge in [-0.15, -0.1) is 0 Å². The Morgan fingerprint density at radius 3 is 2.57 bits per heavy atom. The highest BCUT2D eigenvalue weighted by Gasteiger charge is 2.14. The van der Waals surface area contributed by atoms with Crippen LogP contribution < -0.4 is 15.4 Å². The third kappa shape index (κ3) is 9.49. The summed E-state index contributed by atoms with van der Waals surface area (Å²) in [6, 6.07) is 6.51. The van der Waals surface area contributed by atoms with E-state index in [2.05, 4.69) is 20.3 Å². The fraction of sp³-hybridized carbons (Fsp3) is 0.588. The zero-order chi connectivity index (χ0) is 21.2. The molecule has 11 heteroatoms. The van der Waals surface area contributed by atoms with Crippen LogP contribution in [0.3, 0.4) is 0 Å². The Kier molecular flexibility index (Phi) is 9.87. The molecule has 0 bridgehead atoms. The Hall–Kier alpha value is -1.69. The second kappa shape index (κ2) is 11.3. The maximum Gasteiger partial charge on any atom is 0.240 e. The van der Waals surface area contributed by atoms with Gasteiger partial charge in [-0.05, 0) is 31.0 Å². The summed E-state index contributed by atoms with van der Waals surface area (Å²) in [5, 5.41) is 6.22. The summed E-state index contributed by atoms with van der Waals surface area (Å²) in [7, 11) is -3.50. The van der Waals surface area contributed by atoms with Crippen LogP contribution in [0.25, 0.3) is 0 Å². The lowest BCUT2D eigenvalue weighted by atomic mass is 10.2. The number of nitrogens with one attached hydrogen (secondary N) is 3. The number of ether oxygens (including phenoxy) is 1. The maximum atomic E-state index is 12.3. The van der Waals surface area contributed by atoms with Crippen molar-refractivity contribution < 1.29 is 21.6 Å². The van der Waals surface area contributed by atoms with Gasteiger partial charge in [-0.2, -0.15) is 0 Å². The van der Waals surface area contributed by atoms with Gasteiger partial charge in [-0.1, -0.05) is 12.1 Å². The van der Waals surface area contributed by atoms with Crippen LogP contribution in [0.2, 0.25) is 0 Å². The molecule has 1 aromatic rings. The summed E-state index contributed by atoms with van der Waals surface area (Å²) in [6.45, 7) is 2.72. The van der Waals surface area contributed by atoms with Gasteiger partial charge in [-0.3, -0.25) is 4.99 Å². The standard InChI is InChI=1S/C17H30N4O5S2/c1-14(8-11-27(4,22)23)21-17(18-2)19-13-15-6-5-7-16(12-15)28(24,25)20-9-10-26-3/h5-7,12,14,20H,8-11,13H2,1-4H3,(H2,18,19,21). The topological polar surface area (TPSA) is 126 Å². The number of hydrogen-bond acceptors (Lipinski definition) is 6. The van der Waals surface area contributed by atoms with Crippen LogP contribution in [0.5, 0.6) is 0 Å². The Balaban J connectivity index is 2.66. The van der Waals surface area contributed by atoms with Crippen molar-refractivity contribution in [2.24, 2.45) is 4.99 Å². The lowest BCUT2D eigenvalue weighted by molar-refractivity contribution is 0.204. The molecule has 0 heterocycles. The normalized spacial score (nSPS) is 13.9. The van der Waals surface area contributed by atoms with Gasteiger partial charge in [0.2, 0.25) is 10.0 Å². The average Bonchev–Trinajstić information content (AvgIpc) is 2.63. The number of benzene rings is 1. The molecule has 3 N–H and O–H groups in total. The Bertz CT molecular complexity index is 854. The SMILES string of the molecule is CN=C(NCc1cccc(S(=O)(=O)NCCOC)c1)NC(C)CCS(C)(=O)=O. The molecule has 0 saturated heterocycles. The monoisotopic (exact) mass is 434 g/mol. The van der Waals surface area contributed by atoms with Crippen LogP contribution in [0.1, 0.15) is 18.9 Å². The van der Waals surface area contributed by atoms with E-state index in [-0.39, 0.29) is 23.2 Å². The van der Waals surface area contributed by atoms with Crippen molar-refractivity contribution in [3.8, 4) is 0 Å². The van der Waals surface area contributed by atoms with E-state index in [0.29, 0.717) is 25.5 Å². The molecule has 0 aliphatic rings. The second-order valence-electron chi connectivity index (χ2n) is 6.43. The molecule has 0 spiro atoms. The minimum absolute atomic E-state index is 0.0855. The zero-order valence-electron chi connectivity index (χ0n) is 16.7. The molecule has 1 atom stereocenters. The Labute approximate surface area is 167 Å². The minimum atomic E-state index is -3.60. The molecule has 1 rings (SSSR count). The van der Waals surface area contributed by atoms with Crippen LogP contribution in [0.15, 0.2) is 34.2 Å². The molecule has 0 radical (unpaired) electrons. The first-order chi connectivity index (χ1) is 13.1. The predicted molar refractivity (Wildman–Crippen MR) is 111 cm³/mol. The van der Waals surface area contributed by atoms with Gasteiger partial charge in [0.1, 0.15) is 9.84 Å². The molecule has 0 saturated carbocycles. The number of nitrogens with zero attached hydrogens (tertiary/aromatic N) is 1. The summed E-state index contributed by atoms with van der Waals surface area (Å²) in [4.78, 5) is 4.28.